The summed E-state index contributed by atoms with van der Waals surface area (Å²) in [5, 5.41) is 0. The Hall–Kier alpha value is 0.0600. The van der Waals surface area contributed by atoms with Gasteiger partial charge in [0.25, 0.3) is 0 Å². The van der Waals surface area contributed by atoms with Crippen LogP contribution in [0.25, 0.3) is 0 Å². The maximum Gasteiger partial charge on any atom is 0.0731 e. The molecule has 2 aliphatic rings. The number of nitrogens with two attached hydrogens (primary N) is 1. The van der Waals surface area contributed by atoms with Gasteiger partial charge in [0.1, 0.15) is 0 Å². The van der Waals surface area contributed by atoms with Gasteiger partial charge in [-0.15, -0.1) is 11.3 Å². The molecule has 0 bridgehead atoms. The first-order valence-electron chi connectivity index (χ1n) is 6.99. The lowest BCUT2D eigenvalue weighted by molar-refractivity contribution is -0.147. The summed E-state index contributed by atoms with van der Waals surface area (Å²) in [6.45, 7) is 3.02. The summed E-state index contributed by atoms with van der Waals surface area (Å²) in [6.07, 6.45) is 6.03. The molecule has 1 aliphatic carbocycles. The van der Waals surface area contributed by atoms with E-state index in [2.05, 4.69) is 34.3 Å². The standard InChI is InChI=1S/C14H21BrN2OS/c1-9-7-11(19-13(9)15)12(17-16)10-3-6-18-14(8-10)4-2-5-14/h7,10,12,17H,2-6,8,16H2,1H3. The second kappa shape index (κ2) is 5.45. The number of hydrogen-bond acceptors (Lipinski definition) is 4. The number of halogens is 1. The zero-order valence-corrected chi connectivity index (χ0v) is 13.6. The Morgan fingerprint density at radius 3 is 2.89 bits per heavy atom. The van der Waals surface area contributed by atoms with E-state index in [-0.39, 0.29) is 11.6 Å². The lowest BCUT2D eigenvalue weighted by Crippen LogP contribution is -2.48. The van der Waals surface area contributed by atoms with Crippen molar-refractivity contribution in [2.24, 2.45) is 11.8 Å². The molecule has 1 spiro atoms. The van der Waals surface area contributed by atoms with E-state index in [9.17, 15) is 0 Å². The third-order valence-electron chi connectivity index (χ3n) is 4.63. The fourth-order valence-electron chi connectivity index (χ4n) is 3.36. The normalized spacial score (nSPS) is 27.2. The number of aryl methyl sites for hydroxylation is 1. The van der Waals surface area contributed by atoms with E-state index >= 15 is 0 Å². The van der Waals surface area contributed by atoms with Gasteiger partial charge < -0.3 is 4.74 Å². The van der Waals surface area contributed by atoms with E-state index in [1.54, 1.807) is 11.3 Å². The highest BCUT2D eigenvalue weighted by atomic mass is 79.9. The molecule has 1 aromatic heterocycles. The van der Waals surface area contributed by atoms with Gasteiger partial charge in [-0.25, -0.2) is 0 Å². The fourth-order valence-corrected chi connectivity index (χ4v) is 5.08. The molecule has 0 amide bonds. The molecule has 2 heterocycles. The molecule has 1 aliphatic heterocycles. The van der Waals surface area contributed by atoms with Crippen LogP contribution >= 0.6 is 27.3 Å². The van der Waals surface area contributed by atoms with E-state index in [0.717, 1.165) is 19.4 Å². The van der Waals surface area contributed by atoms with Gasteiger partial charge in [0.15, 0.2) is 0 Å². The minimum Gasteiger partial charge on any atom is -0.375 e. The van der Waals surface area contributed by atoms with Gasteiger partial charge >= 0.3 is 0 Å². The highest BCUT2D eigenvalue weighted by molar-refractivity contribution is 9.11. The molecule has 2 unspecified atom stereocenters. The van der Waals surface area contributed by atoms with Crippen LogP contribution in [0.4, 0.5) is 0 Å². The first kappa shape index (κ1) is 14.0. The Balaban J connectivity index is 1.77. The monoisotopic (exact) mass is 344 g/mol. The average Bonchev–Trinajstić information content (AvgIpc) is 2.69. The summed E-state index contributed by atoms with van der Waals surface area (Å²) in [7, 11) is 0. The topological polar surface area (TPSA) is 47.3 Å². The average molecular weight is 345 g/mol. The zero-order chi connectivity index (χ0) is 13.5. The van der Waals surface area contributed by atoms with E-state index in [1.165, 1.54) is 33.5 Å². The molecule has 3 N–H and O–H groups in total. The molecule has 1 aromatic rings. The smallest absolute Gasteiger partial charge is 0.0731 e. The summed E-state index contributed by atoms with van der Waals surface area (Å²) in [5.41, 5.74) is 4.53. The van der Waals surface area contributed by atoms with Gasteiger partial charge in [-0.2, -0.15) is 0 Å². The van der Waals surface area contributed by atoms with Crippen LogP contribution in [0.3, 0.4) is 0 Å². The summed E-state index contributed by atoms with van der Waals surface area (Å²) >= 11 is 5.41. The third kappa shape index (κ3) is 2.63. The van der Waals surface area contributed by atoms with Crippen molar-refractivity contribution in [2.45, 2.75) is 50.7 Å². The lowest BCUT2D eigenvalue weighted by Gasteiger charge is -2.48. The van der Waals surface area contributed by atoms with Crippen LogP contribution in [0.1, 0.15) is 48.6 Å². The number of thiophene rings is 1. The molecule has 2 fully saturated rings. The molecule has 106 valence electrons. The highest BCUT2D eigenvalue weighted by Gasteiger charge is 2.44. The van der Waals surface area contributed by atoms with Crippen molar-refractivity contribution in [1.29, 1.82) is 0 Å². The number of nitrogens with one attached hydrogen (secondary N) is 1. The highest BCUT2D eigenvalue weighted by Crippen LogP contribution is 2.48. The van der Waals surface area contributed by atoms with Crippen LogP contribution in [0.2, 0.25) is 0 Å². The summed E-state index contributed by atoms with van der Waals surface area (Å²) in [6, 6.07) is 2.51. The molecular weight excluding hydrogens is 324 g/mol. The van der Waals surface area contributed by atoms with Gasteiger partial charge in [0.05, 0.1) is 15.4 Å². The first-order chi connectivity index (χ1) is 9.13. The Bertz CT molecular complexity index is 439. The fraction of sp³-hybridized carbons (Fsp3) is 0.714. The molecule has 1 saturated carbocycles. The molecule has 5 heteroatoms. The van der Waals surface area contributed by atoms with Gasteiger partial charge in [-0.1, -0.05) is 0 Å². The Labute approximate surface area is 127 Å². The van der Waals surface area contributed by atoms with Crippen molar-refractivity contribution in [3.05, 3.63) is 20.3 Å². The minimum absolute atomic E-state index is 0.182. The van der Waals surface area contributed by atoms with Crippen LogP contribution < -0.4 is 11.3 Å². The number of ether oxygens (including phenoxy) is 1. The molecule has 2 atom stereocenters. The van der Waals surface area contributed by atoms with E-state index in [0.29, 0.717) is 5.92 Å². The van der Waals surface area contributed by atoms with Crippen molar-refractivity contribution >= 4 is 27.3 Å². The summed E-state index contributed by atoms with van der Waals surface area (Å²) in [4.78, 5) is 1.34. The zero-order valence-electron chi connectivity index (χ0n) is 11.2. The van der Waals surface area contributed by atoms with Crippen molar-refractivity contribution in [1.82, 2.24) is 5.43 Å². The quantitative estimate of drug-likeness (QED) is 0.649. The van der Waals surface area contributed by atoms with Gasteiger partial charge in [0, 0.05) is 11.5 Å². The van der Waals surface area contributed by atoms with Crippen molar-refractivity contribution < 1.29 is 4.74 Å². The van der Waals surface area contributed by atoms with Crippen LogP contribution in [0, 0.1) is 12.8 Å². The second-order valence-corrected chi connectivity index (χ2v) is 8.29. The number of hydrogen-bond donors (Lipinski definition) is 2. The molecular formula is C14H21BrN2OS. The van der Waals surface area contributed by atoms with Crippen LogP contribution in [-0.4, -0.2) is 12.2 Å². The van der Waals surface area contributed by atoms with Crippen molar-refractivity contribution in [3.8, 4) is 0 Å². The first-order valence-corrected chi connectivity index (χ1v) is 8.60. The Morgan fingerprint density at radius 1 is 1.58 bits per heavy atom. The molecule has 3 rings (SSSR count). The van der Waals surface area contributed by atoms with Crippen molar-refractivity contribution in [3.63, 3.8) is 0 Å². The lowest BCUT2D eigenvalue weighted by atomic mass is 9.70. The maximum atomic E-state index is 6.02. The summed E-state index contributed by atoms with van der Waals surface area (Å²) in [5.74, 6) is 6.43. The van der Waals surface area contributed by atoms with Crippen LogP contribution in [0.5, 0.6) is 0 Å². The van der Waals surface area contributed by atoms with E-state index < -0.39 is 0 Å². The maximum absolute atomic E-state index is 6.02. The van der Waals surface area contributed by atoms with Crippen LogP contribution in [0.15, 0.2) is 9.85 Å². The third-order valence-corrected chi connectivity index (χ3v) is 6.85. The largest absolute Gasteiger partial charge is 0.375 e. The van der Waals surface area contributed by atoms with Gasteiger partial charge in [-0.05, 0) is 72.5 Å². The van der Waals surface area contributed by atoms with Gasteiger partial charge in [0.2, 0.25) is 0 Å². The van der Waals surface area contributed by atoms with Crippen molar-refractivity contribution in [2.75, 3.05) is 6.61 Å². The molecule has 0 aromatic carbocycles. The number of hydrazine groups is 1. The Morgan fingerprint density at radius 2 is 2.37 bits per heavy atom. The Kier molecular flexibility index (Phi) is 4.02. The van der Waals surface area contributed by atoms with Gasteiger partial charge in [-0.3, -0.25) is 11.3 Å². The SMILES string of the molecule is Cc1cc(C(NN)C2CCOC3(CCC3)C2)sc1Br. The molecule has 0 radical (unpaired) electrons. The van der Waals surface area contributed by atoms with E-state index in [4.69, 9.17) is 10.6 Å². The van der Waals surface area contributed by atoms with Crippen LogP contribution in [-0.2, 0) is 4.74 Å². The molecule has 1 saturated heterocycles. The molecule has 3 nitrogen and oxygen atoms in total. The predicted molar refractivity (Wildman–Crippen MR) is 82.1 cm³/mol. The van der Waals surface area contributed by atoms with E-state index in [1.807, 2.05) is 0 Å². The predicted octanol–water partition coefficient (Wildman–Crippen LogP) is 3.67. The summed E-state index contributed by atoms with van der Waals surface area (Å²) < 4.78 is 7.23. The number of rotatable bonds is 3. The minimum atomic E-state index is 0.182. The second-order valence-electron chi connectivity index (χ2n) is 5.89. The molecule has 19 heavy (non-hydrogen) atoms.